The van der Waals surface area contributed by atoms with E-state index < -0.39 is 16.0 Å². The molecule has 0 bridgehead atoms. The Hall–Kier alpha value is -2.20. The van der Waals surface area contributed by atoms with Crippen LogP contribution in [0.2, 0.25) is 5.02 Å². The minimum absolute atomic E-state index is 0.126. The lowest BCUT2D eigenvalue weighted by Gasteiger charge is -2.20. The van der Waals surface area contributed by atoms with E-state index in [-0.39, 0.29) is 11.4 Å². The minimum Gasteiger partial charge on any atom is -0.495 e. The first kappa shape index (κ1) is 24.4. The summed E-state index contributed by atoms with van der Waals surface area (Å²) >= 11 is 7.38. The number of carbonyl (C=O) groups is 1. The van der Waals surface area contributed by atoms with Crippen molar-refractivity contribution in [2.24, 2.45) is 0 Å². The van der Waals surface area contributed by atoms with Gasteiger partial charge in [-0.05, 0) is 43.3 Å². The summed E-state index contributed by atoms with van der Waals surface area (Å²) in [6.07, 6.45) is 0. The van der Waals surface area contributed by atoms with Crippen LogP contribution in [0.25, 0.3) is 10.9 Å². The average molecular weight is 497 g/mol. The van der Waals surface area contributed by atoms with Crippen molar-refractivity contribution in [3.05, 3.63) is 47.1 Å². The van der Waals surface area contributed by atoms with Crippen molar-refractivity contribution in [1.29, 1.82) is 0 Å². The molecule has 1 aromatic heterocycles. The molecule has 0 saturated carbocycles. The van der Waals surface area contributed by atoms with E-state index in [2.05, 4.69) is 0 Å². The monoisotopic (exact) mass is 496 g/mol. The molecule has 1 N–H and O–H groups in total. The second kappa shape index (κ2) is 9.74. The number of ether oxygens (including phenoxy) is 1. The number of hydrogen-bond acceptors (Lipinski definition) is 5. The fourth-order valence-electron chi connectivity index (χ4n) is 3.67. The van der Waals surface area contributed by atoms with Gasteiger partial charge >= 0.3 is 5.97 Å². The predicted molar refractivity (Wildman–Crippen MR) is 127 cm³/mol. The van der Waals surface area contributed by atoms with E-state index in [4.69, 9.17) is 16.3 Å². The number of sulfonamides is 1. The molecule has 0 aliphatic heterocycles. The highest BCUT2D eigenvalue weighted by atomic mass is 35.5. The van der Waals surface area contributed by atoms with Crippen LogP contribution in [0, 0.1) is 6.92 Å². The Labute approximate surface area is 197 Å². The van der Waals surface area contributed by atoms with Crippen molar-refractivity contribution in [2.75, 3.05) is 20.2 Å². The molecule has 0 fully saturated rings. The molecule has 3 aromatic rings. The van der Waals surface area contributed by atoms with Gasteiger partial charge in [0.15, 0.2) is 0 Å². The van der Waals surface area contributed by atoms with Crippen LogP contribution >= 0.6 is 23.4 Å². The van der Waals surface area contributed by atoms with Gasteiger partial charge in [-0.15, -0.1) is 0 Å². The van der Waals surface area contributed by atoms with Crippen molar-refractivity contribution >= 4 is 50.3 Å². The molecule has 7 nitrogen and oxygen atoms in total. The van der Waals surface area contributed by atoms with E-state index in [1.165, 1.54) is 29.2 Å². The van der Waals surface area contributed by atoms with Crippen molar-refractivity contribution in [3.8, 4) is 5.75 Å². The molecule has 0 amide bonds. The van der Waals surface area contributed by atoms with E-state index in [9.17, 15) is 18.3 Å². The maximum Gasteiger partial charge on any atom is 0.323 e. The maximum atomic E-state index is 13.5. The summed E-state index contributed by atoms with van der Waals surface area (Å²) in [6.45, 7) is 5.67. The van der Waals surface area contributed by atoms with Gasteiger partial charge in [0.25, 0.3) is 0 Å². The van der Waals surface area contributed by atoms with Gasteiger partial charge < -0.3 is 14.4 Å². The van der Waals surface area contributed by atoms with Gasteiger partial charge in [0.2, 0.25) is 10.0 Å². The van der Waals surface area contributed by atoms with Crippen LogP contribution in [0.4, 0.5) is 0 Å². The molecule has 172 valence electrons. The lowest BCUT2D eigenvalue weighted by molar-refractivity contribution is -0.137. The third-order valence-corrected chi connectivity index (χ3v) is 8.76. The predicted octanol–water partition coefficient (Wildman–Crippen LogP) is 4.88. The van der Waals surface area contributed by atoms with Gasteiger partial charge in [-0.2, -0.15) is 4.31 Å². The SMILES string of the molecule is CCN(CC)S(=O)(=O)c1ccc(OC)c2c1c(Sc1ccc(Cl)cc1)c(C)n2CC(=O)O. The quantitative estimate of drug-likeness (QED) is 0.454. The van der Waals surface area contributed by atoms with Gasteiger partial charge in [0, 0.05) is 39.0 Å². The molecule has 0 unspecified atom stereocenters. The fraction of sp³-hybridized carbons (Fsp3) is 0.318. The molecule has 0 atom stereocenters. The second-order valence-electron chi connectivity index (χ2n) is 7.03. The number of carboxylic acid groups (broad SMARTS) is 1. The molecule has 0 saturated heterocycles. The van der Waals surface area contributed by atoms with Crippen LogP contribution in [-0.2, 0) is 21.4 Å². The highest BCUT2D eigenvalue weighted by molar-refractivity contribution is 7.99. The molecule has 32 heavy (non-hydrogen) atoms. The number of aliphatic carboxylic acids is 1. The molecule has 3 rings (SSSR count). The summed E-state index contributed by atoms with van der Waals surface area (Å²) in [7, 11) is -2.34. The molecule has 1 heterocycles. The Morgan fingerprint density at radius 2 is 1.78 bits per heavy atom. The normalized spacial score (nSPS) is 11.9. The number of fused-ring (bicyclic) bond motifs is 1. The van der Waals surface area contributed by atoms with Crippen LogP contribution in [-0.4, -0.2) is 48.6 Å². The van der Waals surface area contributed by atoms with Crippen LogP contribution in [0.15, 0.2) is 51.1 Å². The summed E-state index contributed by atoms with van der Waals surface area (Å²) in [4.78, 5) is 13.3. The van der Waals surface area contributed by atoms with Gasteiger partial charge in [-0.25, -0.2) is 8.42 Å². The van der Waals surface area contributed by atoms with Crippen LogP contribution in [0.3, 0.4) is 0 Å². The largest absolute Gasteiger partial charge is 0.495 e. The van der Waals surface area contributed by atoms with E-state index in [0.717, 1.165) is 4.90 Å². The van der Waals surface area contributed by atoms with Crippen molar-refractivity contribution in [2.45, 2.75) is 42.0 Å². The number of carboxylic acids is 1. The summed E-state index contributed by atoms with van der Waals surface area (Å²) in [5, 5.41) is 10.6. The number of rotatable bonds is 9. The first-order valence-corrected chi connectivity index (χ1v) is 12.6. The average Bonchev–Trinajstić information content (AvgIpc) is 3.01. The number of benzene rings is 2. The first-order chi connectivity index (χ1) is 15.1. The van der Waals surface area contributed by atoms with Crippen molar-refractivity contribution in [3.63, 3.8) is 0 Å². The Morgan fingerprint density at radius 1 is 1.16 bits per heavy atom. The summed E-state index contributed by atoms with van der Waals surface area (Å²) in [5.41, 5.74) is 1.08. The van der Waals surface area contributed by atoms with Gasteiger partial charge in [-0.1, -0.05) is 37.2 Å². The first-order valence-electron chi connectivity index (χ1n) is 10.0. The molecule has 0 aliphatic carbocycles. The molecule has 0 radical (unpaired) electrons. The van der Waals surface area contributed by atoms with E-state index >= 15 is 0 Å². The number of methoxy groups -OCH3 is 1. The number of halogens is 1. The standard InChI is InChI=1S/C22H25ClN2O5S2/c1-5-24(6-2)32(28,29)18-12-11-17(30-4)21-20(18)22(14(3)25(21)13-19(26)27)31-16-9-7-15(23)8-10-16/h7-12H,5-6,13H2,1-4H3,(H,26,27). The Morgan fingerprint density at radius 3 is 2.31 bits per heavy atom. The van der Waals surface area contributed by atoms with Gasteiger partial charge in [0.05, 0.1) is 17.5 Å². The summed E-state index contributed by atoms with van der Waals surface area (Å²) < 4.78 is 35.6. The third kappa shape index (κ3) is 4.47. The zero-order valence-electron chi connectivity index (χ0n) is 18.3. The summed E-state index contributed by atoms with van der Waals surface area (Å²) in [5.74, 6) is -0.627. The molecule has 0 spiro atoms. The smallest absolute Gasteiger partial charge is 0.323 e. The van der Waals surface area contributed by atoms with E-state index in [0.29, 0.717) is 45.4 Å². The fourth-order valence-corrected chi connectivity index (χ4v) is 6.59. The van der Waals surface area contributed by atoms with Gasteiger partial charge in [0.1, 0.15) is 12.3 Å². The number of nitrogens with zero attached hydrogens (tertiary/aromatic N) is 2. The number of aromatic nitrogens is 1. The lowest BCUT2D eigenvalue weighted by atomic mass is 10.2. The van der Waals surface area contributed by atoms with E-state index in [1.54, 1.807) is 43.5 Å². The van der Waals surface area contributed by atoms with E-state index in [1.807, 2.05) is 12.1 Å². The minimum atomic E-state index is -3.82. The Kier molecular flexibility index (Phi) is 7.44. The van der Waals surface area contributed by atoms with Crippen LogP contribution < -0.4 is 4.74 Å². The molecule has 10 heteroatoms. The third-order valence-electron chi connectivity index (χ3n) is 5.20. The van der Waals surface area contributed by atoms with Crippen LogP contribution in [0.1, 0.15) is 19.5 Å². The zero-order chi connectivity index (χ0) is 23.6. The highest BCUT2D eigenvalue weighted by Crippen LogP contribution is 2.45. The number of hydrogen-bond donors (Lipinski definition) is 1. The summed E-state index contributed by atoms with van der Waals surface area (Å²) in [6, 6.07) is 10.3. The highest BCUT2D eigenvalue weighted by Gasteiger charge is 2.30. The molecule has 2 aromatic carbocycles. The maximum absolute atomic E-state index is 13.5. The van der Waals surface area contributed by atoms with Gasteiger partial charge in [-0.3, -0.25) is 4.79 Å². The van der Waals surface area contributed by atoms with Crippen molar-refractivity contribution in [1.82, 2.24) is 8.87 Å². The zero-order valence-corrected chi connectivity index (χ0v) is 20.6. The molecular weight excluding hydrogens is 472 g/mol. The Bertz CT molecular complexity index is 1250. The van der Waals surface area contributed by atoms with Crippen molar-refractivity contribution < 1.29 is 23.1 Å². The molecule has 0 aliphatic rings. The Balaban J connectivity index is 2.41. The lowest BCUT2D eigenvalue weighted by Crippen LogP contribution is -2.30. The van der Waals surface area contributed by atoms with Crippen LogP contribution in [0.5, 0.6) is 5.75 Å². The second-order valence-corrected chi connectivity index (χ2v) is 10.5. The molecular formula is C22H25ClN2O5S2. The topological polar surface area (TPSA) is 88.8 Å².